The third-order valence-electron chi connectivity index (χ3n) is 6.70. The van der Waals surface area contributed by atoms with E-state index in [4.69, 9.17) is 19.2 Å². The number of carbonyl (C=O) groups is 1. The van der Waals surface area contributed by atoms with Crippen LogP contribution in [-0.4, -0.2) is 81.9 Å². The summed E-state index contributed by atoms with van der Waals surface area (Å²) in [5.74, 6) is -0.855. The second-order valence-electron chi connectivity index (χ2n) is 11.9. The fourth-order valence-corrected chi connectivity index (χ4v) is 5.50. The standard InChI is InChI=1S/C28H43FN2O6/c1-18(2)24-28(16-32,17-33)30-25(19-8-10-20(29)11-9-19)31(24)13-12-21-14-22(36-27(6,7)35-21)15-23(34)37-26(3,4)5/h8-11,18,21-22,24,32-33H,12-17H2,1-7H3/t21-,22-,24?/m1/s1. The number of nitrogens with zero attached hydrogens (tertiary/aromatic N) is 2. The van der Waals surface area contributed by atoms with Gasteiger partial charge in [0.25, 0.3) is 0 Å². The minimum absolute atomic E-state index is 0.0629. The molecule has 0 saturated carbocycles. The number of rotatable bonds is 9. The first kappa shape index (κ1) is 29.5. The van der Waals surface area contributed by atoms with Crippen molar-refractivity contribution >= 4 is 11.8 Å². The summed E-state index contributed by atoms with van der Waals surface area (Å²) < 4.78 is 31.4. The second-order valence-corrected chi connectivity index (χ2v) is 11.9. The largest absolute Gasteiger partial charge is 0.460 e. The molecular formula is C28H43FN2O6. The highest BCUT2D eigenvalue weighted by Gasteiger charge is 2.50. The molecule has 0 aromatic heterocycles. The molecule has 9 heteroatoms. The van der Waals surface area contributed by atoms with Gasteiger partial charge in [0.2, 0.25) is 0 Å². The van der Waals surface area contributed by atoms with Gasteiger partial charge in [0.1, 0.15) is 22.8 Å². The van der Waals surface area contributed by atoms with Crippen molar-refractivity contribution in [1.82, 2.24) is 4.90 Å². The molecule has 37 heavy (non-hydrogen) atoms. The minimum Gasteiger partial charge on any atom is -0.460 e. The van der Waals surface area contributed by atoms with Crippen molar-refractivity contribution in [3.8, 4) is 0 Å². The van der Waals surface area contributed by atoms with E-state index in [1.807, 2.05) is 48.5 Å². The molecule has 2 heterocycles. The average molecular weight is 523 g/mol. The van der Waals surface area contributed by atoms with E-state index in [2.05, 4.69) is 4.90 Å². The van der Waals surface area contributed by atoms with Gasteiger partial charge >= 0.3 is 5.97 Å². The Morgan fingerprint density at radius 1 is 1.16 bits per heavy atom. The Labute approximate surface area is 219 Å². The van der Waals surface area contributed by atoms with E-state index < -0.39 is 16.9 Å². The van der Waals surface area contributed by atoms with E-state index in [1.54, 1.807) is 12.1 Å². The van der Waals surface area contributed by atoms with Gasteiger partial charge in [0.15, 0.2) is 5.79 Å². The molecule has 0 spiro atoms. The number of hydrogen-bond donors (Lipinski definition) is 2. The third-order valence-corrected chi connectivity index (χ3v) is 6.70. The lowest BCUT2D eigenvalue weighted by Crippen LogP contribution is -2.55. The number of benzene rings is 1. The van der Waals surface area contributed by atoms with Crippen molar-refractivity contribution in [3.63, 3.8) is 0 Å². The molecule has 1 fully saturated rings. The fraction of sp³-hybridized carbons (Fsp3) is 0.714. The number of halogens is 1. The zero-order valence-electron chi connectivity index (χ0n) is 23.2. The Balaban J connectivity index is 1.81. The lowest BCUT2D eigenvalue weighted by atomic mass is 9.84. The van der Waals surface area contributed by atoms with E-state index in [0.717, 1.165) is 0 Å². The Morgan fingerprint density at radius 3 is 2.30 bits per heavy atom. The predicted molar refractivity (Wildman–Crippen MR) is 139 cm³/mol. The monoisotopic (exact) mass is 522 g/mol. The summed E-state index contributed by atoms with van der Waals surface area (Å²) in [7, 11) is 0. The van der Waals surface area contributed by atoms with Gasteiger partial charge in [-0.25, -0.2) is 4.39 Å². The quantitative estimate of drug-likeness (QED) is 0.477. The van der Waals surface area contributed by atoms with Gasteiger partial charge in [0, 0.05) is 18.5 Å². The molecule has 1 unspecified atom stereocenters. The van der Waals surface area contributed by atoms with Crippen LogP contribution in [0.2, 0.25) is 0 Å². The number of aliphatic hydroxyl groups is 2. The van der Waals surface area contributed by atoms with Crippen LogP contribution in [-0.2, 0) is 19.0 Å². The Morgan fingerprint density at radius 2 is 1.76 bits per heavy atom. The van der Waals surface area contributed by atoms with E-state index in [-0.39, 0.29) is 55.6 Å². The predicted octanol–water partition coefficient (Wildman–Crippen LogP) is 3.67. The number of amidine groups is 1. The number of hydrogen-bond acceptors (Lipinski definition) is 8. The van der Waals surface area contributed by atoms with Crippen molar-refractivity contribution in [3.05, 3.63) is 35.6 Å². The van der Waals surface area contributed by atoms with E-state index in [1.165, 1.54) is 12.1 Å². The molecule has 208 valence electrons. The molecule has 1 aromatic carbocycles. The van der Waals surface area contributed by atoms with Crippen LogP contribution >= 0.6 is 0 Å². The Bertz CT molecular complexity index is 952. The van der Waals surface area contributed by atoms with E-state index in [0.29, 0.717) is 30.8 Å². The van der Waals surface area contributed by atoms with Crippen LogP contribution in [0.25, 0.3) is 0 Å². The van der Waals surface area contributed by atoms with Crippen LogP contribution in [0, 0.1) is 11.7 Å². The summed E-state index contributed by atoms with van der Waals surface area (Å²) in [6.45, 7) is 13.1. The van der Waals surface area contributed by atoms with Crippen molar-refractivity contribution in [2.24, 2.45) is 10.9 Å². The number of esters is 1. The zero-order chi connectivity index (χ0) is 27.6. The van der Waals surface area contributed by atoms with Gasteiger partial charge in [-0.15, -0.1) is 0 Å². The maximum Gasteiger partial charge on any atom is 0.308 e. The van der Waals surface area contributed by atoms with Crippen molar-refractivity contribution in [2.45, 2.75) is 103 Å². The molecular weight excluding hydrogens is 479 g/mol. The van der Waals surface area contributed by atoms with Crippen LogP contribution in [0.15, 0.2) is 29.3 Å². The molecule has 2 aliphatic rings. The molecule has 0 amide bonds. The summed E-state index contributed by atoms with van der Waals surface area (Å²) in [5.41, 5.74) is -0.930. The Kier molecular flexibility index (Phi) is 9.05. The van der Waals surface area contributed by atoms with E-state index in [9.17, 15) is 19.4 Å². The molecule has 0 bridgehead atoms. The molecule has 3 atom stereocenters. The summed E-state index contributed by atoms with van der Waals surface area (Å²) in [5, 5.41) is 20.6. The highest BCUT2D eigenvalue weighted by molar-refractivity contribution is 6.00. The maximum atomic E-state index is 13.6. The first-order valence-corrected chi connectivity index (χ1v) is 13.1. The Hall–Kier alpha value is -2.07. The molecule has 0 radical (unpaired) electrons. The molecule has 2 N–H and O–H groups in total. The highest BCUT2D eigenvalue weighted by atomic mass is 19.1. The van der Waals surface area contributed by atoms with Gasteiger partial charge in [0.05, 0.1) is 37.9 Å². The van der Waals surface area contributed by atoms with Crippen LogP contribution in [0.1, 0.15) is 73.3 Å². The molecule has 2 aliphatic heterocycles. The van der Waals surface area contributed by atoms with Crippen molar-refractivity contribution < 1.29 is 33.6 Å². The van der Waals surface area contributed by atoms with Gasteiger partial charge in [-0.1, -0.05) is 13.8 Å². The number of aliphatic imine (C=N–C) groups is 1. The van der Waals surface area contributed by atoms with Crippen LogP contribution in [0.4, 0.5) is 4.39 Å². The first-order valence-electron chi connectivity index (χ1n) is 13.1. The minimum atomic E-state index is -1.08. The highest BCUT2D eigenvalue weighted by Crippen LogP contribution is 2.37. The lowest BCUT2D eigenvalue weighted by Gasteiger charge is -2.42. The average Bonchev–Trinajstić information content (AvgIpc) is 3.11. The molecule has 1 aromatic rings. The van der Waals surface area contributed by atoms with Crippen molar-refractivity contribution in [1.29, 1.82) is 0 Å². The third kappa shape index (κ3) is 7.28. The zero-order valence-corrected chi connectivity index (χ0v) is 23.2. The number of aliphatic hydroxyl groups excluding tert-OH is 2. The fourth-order valence-electron chi connectivity index (χ4n) is 5.50. The summed E-state index contributed by atoms with van der Waals surface area (Å²) in [4.78, 5) is 19.4. The summed E-state index contributed by atoms with van der Waals surface area (Å²) in [6, 6.07) is 5.81. The van der Waals surface area contributed by atoms with Gasteiger partial charge in [-0.05, 0) is 71.2 Å². The van der Waals surface area contributed by atoms with Gasteiger partial charge in [-0.3, -0.25) is 9.79 Å². The topological polar surface area (TPSA) is 101 Å². The lowest BCUT2D eigenvalue weighted by molar-refractivity contribution is -0.301. The van der Waals surface area contributed by atoms with Crippen molar-refractivity contribution in [2.75, 3.05) is 19.8 Å². The van der Waals surface area contributed by atoms with Crippen LogP contribution in [0.3, 0.4) is 0 Å². The SMILES string of the molecule is CC(C)C1N(CC[C@@H]2C[C@H](CC(=O)OC(C)(C)C)OC(C)(C)O2)C(c2ccc(F)cc2)=NC1(CO)CO. The van der Waals surface area contributed by atoms with Gasteiger partial charge < -0.3 is 29.3 Å². The van der Waals surface area contributed by atoms with Gasteiger partial charge in [-0.2, -0.15) is 0 Å². The maximum absolute atomic E-state index is 13.6. The van der Waals surface area contributed by atoms with Crippen LogP contribution in [0.5, 0.6) is 0 Å². The molecule has 8 nitrogen and oxygen atoms in total. The molecule has 1 saturated heterocycles. The smallest absolute Gasteiger partial charge is 0.308 e. The second kappa shape index (κ2) is 11.4. The van der Waals surface area contributed by atoms with Crippen LogP contribution < -0.4 is 0 Å². The first-order chi connectivity index (χ1) is 17.2. The summed E-state index contributed by atoms with van der Waals surface area (Å²) >= 11 is 0. The summed E-state index contributed by atoms with van der Waals surface area (Å²) in [6.07, 6.45) is 0.726. The number of carbonyl (C=O) groups excluding carboxylic acids is 1. The van der Waals surface area contributed by atoms with E-state index >= 15 is 0 Å². The molecule has 0 aliphatic carbocycles. The normalized spacial score (nSPS) is 25.3. The molecule has 3 rings (SSSR count). The number of ether oxygens (including phenoxy) is 3.